The first kappa shape index (κ1) is 23.7. The van der Waals surface area contributed by atoms with Crippen LogP contribution < -0.4 is 10.6 Å². The first-order chi connectivity index (χ1) is 18.0. The molecule has 1 aliphatic heterocycles. The van der Waals surface area contributed by atoms with E-state index in [9.17, 15) is 14.7 Å². The molecule has 0 saturated carbocycles. The van der Waals surface area contributed by atoms with Gasteiger partial charge in [-0.1, -0.05) is 42.5 Å². The van der Waals surface area contributed by atoms with Gasteiger partial charge in [-0.3, -0.25) is 9.78 Å². The van der Waals surface area contributed by atoms with Gasteiger partial charge in [0.2, 0.25) is 0 Å². The second-order valence-corrected chi connectivity index (χ2v) is 8.45. The topological polar surface area (TPSA) is 120 Å². The molecule has 3 heterocycles. The van der Waals surface area contributed by atoms with E-state index in [1.165, 1.54) is 4.90 Å². The number of hydrogen-bond donors (Lipinski definition) is 3. The smallest absolute Gasteiger partial charge is 0.407 e. The lowest BCUT2D eigenvalue weighted by atomic mass is 9.97. The maximum absolute atomic E-state index is 12.8. The standard InChI is InChI=1S/C28H24N6O3/c35-27(20-5-2-1-3-6-20)31-23-16-24(32-25(17-23)33-26-18-29-11-12-30-26)22-8-4-7-21(15-22)19-9-13-34(14-10-19)28(36)37/h1-9,11-12,15-18H,10,13-14H2,(H,36,37)(H2,30,31,32,33,35). The van der Waals surface area contributed by atoms with Gasteiger partial charge in [0.1, 0.15) is 11.6 Å². The molecular formula is C28H24N6O3. The van der Waals surface area contributed by atoms with Crippen LogP contribution in [0.3, 0.4) is 0 Å². The molecule has 0 unspecified atom stereocenters. The molecule has 0 atom stereocenters. The summed E-state index contributed by atoms with van der Waals surface area (Å²) in [7, 11) is 0. The lowest BCUT2D eigenvalue weighted by molar-refractivity contribution is 0.102. The Morgan fingerprint density at radius 3 is 2.49 bits per heavy atom. The van der Waals surface area contributed by atoms with Gasteiger partial charge in [0, 0.05) is 48.4 Å². The van der Waals surface area contributed by atoms with Gasteiger partial charge in [-0.15, -0.1) is 0 Å². The number of carbonyl (C=O) groups is 2. The number of pyridine rings is 1. The second-order valence-electron chi connectivity index (χ2n) is 8.45. The van der Waals surface area contributed by atoms with E-state index >= 15 is 0 Å². The molecule has 3 N–H and O–H groups in total. The van der Waals surface area contributed by atoms with E-state index in [1.54, 1.807) is 36.8 Å². The summed E-state index contributed by atoms with van der Waals surface area (Å²) in [6.45, 7) is 0.817. The highest BCUT2D eigenvalue weighted by Crippen LogP contribution is 2.30. The minimum absolute atomic E-state index is 0.229. The number of hydrogen-bond acceptors (Lipinski definition) is 6. The predicted molar refractivity (Wildman–Crippen MR) is 142 cm³/mol. The molecule has 9 heteroatoms. The highest BCUT2D eigenvalue weighted by molar-refractivity contribution is 6.04. The van der Waals surface area contributed by atoms with E-state index in [0.717, 1.165) is 16.7 Å². The van der Waals surface area contributed by atoms with Crippen LogP contribution >= 0.6 is 0 Å². The van der Waals surface area contributed by atoms with Crippen LogP contribution in [0.4, 0.5) is 22.1 Å². The van der Waals surface area contributed by atoms with Crippen molar-refractivity contribution in [2.45, 2.75) is 6.42 Å². The number of anilines is 3. The summed E-state index contributed by atoms with van der Waals surface area (Å²) in [6.07, 6.45) is 6.43. The first-order valence-corrected chi connectivity index (χ1v) is 11.7. The lowest BCUT2D eigenvalue weighted by Gasteiger charge is -2.24. The van der Waals surface area contributed by atoms with Crippen molar-refractivity contribution in [3.8, 4) is 11.3 Å². The predicted octanol–water partition coefficient (Wildman–Crippen LogP) is 5.30. The van der Waals surface area contributed by atoms with Gasteiger partial charge in [-0.2, -0.15) is 0 Å². The zero-order valence-electron chi connectivity index (χ0n) is 19.8. The van der Waals surface area contributed by atoms with Gasteiger partial charge in [0.15, 0.2) is 0 Å². The Labute approximate surface area is 213 Å². The Bertz CT molecular complexity index is 1460. The number of carboxylic acid groups (broad SMARTS) is 1. The zero-order chi connectivity index (χ0) is 25.6. The van der Waals surface area contributed by atoms with E-state index in [4.69, 9.17) is 4.98 Å². The number of nitrogens with one attached hydrogen (secondary N) is 2. The normalized spacial score (nSPS) is 13.0. The van der Waals surface area contributed by atoms with E-state index in [-0.39, 0.29) is 5.91 Å². The monoisotopic (exact) mass is 492 g/mol. The number of aromatic nitrogens is 3. The highest BCUT2D eigenvalue weighted by atomic mass is 16.4. The molecule has 0 spiro atoms. The third kappa shape index (κ3) is 5.79. The Morgan fingerprint density at radius 2 is 1.76 bits per heavy atom. The Kier molecular flexibility index (Phi) is 6.84. The molecule has 37 heavy (non-hydrogen) atoms. The number of nitrogens with zero attached hydrogens (tertiary/aromatic N) is 4. The van der Waals surface area contributed by atoms with Gasteiger partial charge in [0.25, 0.3) is 5.91 Å². The summed E-state index contributed by atoms with van der Waals surface area (Å²) in [4.78, 5) is 38.6. The zero-order valence-corrected chi connectivity index (χ0v) is 19.8. The average Bonchev–Trinajstić information content (AvgIpc) is 2.94. The van der Waals surface area contributed by atoms with Crippen molar-refractivity contribution in [2.24, 2.45) is 0 Å². The Morgan fingerprint density at radius 1 is 0.919 bits per heavy atom. The van der Waals surface area contributed by atoms with Crippen LogP contribution in [0.1, 0.15) is 22.3 Å². The van der Waals surface area contributed by atoms with E-state index in [1.807, 2.05) is 54.6 Å². The van der Waals surface area contributed by atoms with Gasteiger partial charge in [-0.05, 0) is 41.8 Å². The summed E-state index contributed by atoms with van der Waals surface area (Å²) in [5.41, 5.74) is 4.73. The van der Waals surface area contributed by atoms with E-state index in [2.05, 4.69) is 20.6 Å². The van der Waals surface area contributed by atoms with Crippen LogP contribution in [-0.2, 0) is 0 Å². The van der Waals surface area contributed by atoms with Gasteiger partial charge < -0.3 is 20.6 Å². The summed E-state index contributed by atoms with van der Waals surface area (Å²) >= 11 is 0. The molecule has 184 valence electrons. The van der Waals surface area contributed by atoms with Crippen molar-refractivity contribution in [1.82, 2.24) is 19.9 Å². The quantitative estimate of drug-likeness (QED) is 0.334. The fourth-order valence-corrected chi connectivity index (χ4v) is 4.09. The molecule has 0 aliphatic carbocycles. The van der Waals surface area contributed by atoms with Crippen LogP contribution in [0, 0.1) is 0 Å². The van der Waals surface area contributed by atoms with Crippen molar-refractivity contribution in [3.63, 3.8) is 0 Å². The molecule has 0 radical (unpaired) electrons. The largest absolute Gasteiger partial charge is 0.465 e. The van der Waals surface area contributed by atoms with Crippen molar-refractivity contribution in [1.29, 1.82) is 0 Å². The number of benzene rings is 2. The molecule has 0 bridgehead atoms. The van der Waals surface area contributed by atoms with Crippen LogP contribution in [0.25, 0.3) is 16.8 Å². The molecule has 0 fully saturated rings. The molecule has 1 aliphatic rings. The van der Waals surface area contributed by atoms with Crippen LogP contribution in [0.15, 0.2) is 91.4 Å². The fraction of sp³-hybridized carbons (Fsp3) is 0.107. The maximum Gasteiger partial charge on any atom is 0.407 e. The van der Waals surface area contributed by atoms with Crippen LogP contribution in [0.5, 0.6) is 0 Å². The van der Waals surface area contributed by atoms with E-state index in [0.29, 0.717) is 48.1 Å². The third-order valence-corrected chi connectivity index (χ3v) is 5.95. The molecule has 2 amide bonds. The maximum atomic E-state index is 12.8. The van der Waals surface area contributed by atoms with E-state index < -0.39 is 6.09 Å². The van der Waals surface area contributed by atoms with Crippen LogP contribution in [0.2, 0.25) is 0 Å². The molecule has 9 nitrogen and oxygen atoms in total. The number of carbonyl (C=O) groups excluding carboxylic acids is 1. The molecule has 5 rings (SSSR count). The second kappa shape index (κ2) is 10.7. The first-order valence-electron chi connectivity index (χ1n) is 11.7. The van der Waals surface area contributed by atoms with Crippen molar-refractivity contribution in [3.05, 3.63) is 103 Å². The van der Waals surface area contributed by atoms with Crippen molar-refractivity contribution in [2.75, 3.05) is 23.7 Å². The van der Waals surface area contributed by atoms with Gasteiger partial charge in [0.05, 0.1) is 11.9 Å². The molecular weight excluding hydrogens is 468 g/mol. The number of rotatable bonds is 6. The summed E-state index contributed by atoms with van der Waals surface area (Å²) in [6, 6.07) is 20.5. The van der Waals surface area contributed by atoms with Crippen molar-refractivity contribution >= 4 is 34.9 Å². The van der Waals surface area contributed by atoms with Crippen molar-refractivity contribution < 1.29 is 14.7 Å². The fourth-order valence-electron chi connectivity index (χ4n) is 4.09. The van der Waals surface area contributed by atoms with Gasteiger partial charge >= 0.3 is 6.09 Å². The summed E-state index contributed by atoms with van der Waals surface area (Å²) in [5.74, 6) is 0.796. The highest BCUT2D eigenvalue weighted by Gasteiger charge is 2.17. The summed E-state index contributed by atoms with van der Waals surface area (Å²) < 4.78 is 0. The molecule has 0 saturated heterocycles. The minimum atomic E-state index is -0.911. The molecule has 4 aromatic rings. The number of amides is 2. The van der Waals surface area contributed by atoms with Crippen LogP contribution in [-0.4, -0.2) is 50.0 Å². The Balaban J connectivity index is 1.47. The average molecular weight is 493 g/mol. The summed E-state index contributed by atoms with van der Waals surface area (Å²) in [5, 5.41) is 15.3. The SMILES string of the molecule is O=C(Nc1cc(Nc2cnccn2)nc(-c2cccc(C3=CCN(C(=O)O)CC3)c2)c1)c1ccccc1. The molecule has 2 aromatic heterocycles. The molecule has 2 aromatic carbocycles. The Hall–Kier alpha value is -5.05. The van der Waals surface area contributed by atoms with Gasteiger partial charge in [-0.25, -0.2) is 14.8 Å². The third-order valence-electron chi connectivity index (χ3n) is 5.95. The lowest BCUT2D eigenvalue weighted by Crippen LogP contribution is -2.33. The minimum Gasteiger partial charge on any atom is -0.465 e.